The van der Waals surface area contributed by atoms with Gasteiger partial charge in [-0.15, -0.1) is 0 Å². The van der Waals surface area contributed by atoms with Crippen LogP contribution < -0.4 is 16.6 Å². The lowest BCUT2D eigenvalue weighted by molar-refractivity contribution is 0.312. The molecule has 1 aliphatic rings. The Balaban J connectivity index is 2.09. The Morgan fingerprint density at radius 3 is 2.63 bits per heavy atom. The lowest BCUT2D eigenvalue weighted by atomic mass is 9.83. The largest absolute Gasteiger partial charge is 0.366 e. The number of aromatic nitrogens is 2. The molecule has 0 saturated heterocycles. The molecule has 2 rings (SSSR count). The van der Waals surface area contributed by atoms with Crippen LogP contribution in [0.4, 0.5) is 11.6 Å². The molecule has 6 heteroatoms. The first-order valence-corrected chi connectivity index (χ1v) is 7.79. The van der Waals surface area contributed by atoms with Gasteiger partial charge >= 0.3 is 0 Å². The van der Waals surface area contributed by atoms with E-state index in [1.165, 1.54) is 38.4 Å². The van der Waals surface area contributed by atoms with Crippen LogP contribution in [0.2, 0.25) is 0 Å². The van der Waals surface area contributed by atoms with E-state index in [1.807, 2.05) is 0 Å². The van der Waals surface area contributed by atoms with Gasteiger partial charge in [0.2, 0.25) is 0 Å². The van der Waals surface area contributed by atoms with Crippen molar-refractivity contribution in [1.82, 2.24) is 9.97 Å². The van der Waals surface area contributed by atoms with E-state index in [1.54, 1.807) is 0 Å². The third kappa shape index (κ3) is 3.57. The number of hydrogen-bond donors (Lipinski definition) is 3. The van der Waals surface area contributed by atoms with E-state index in [4.69, 9.17) is 5.84 Å². The molecule has 1 aromatic rings. The van der Waals surface area contributed by atoms with Gasteiger partial charge in [-0.05, 0) is 41.1 Å². The molecule has 0 radical (unpaired) electrons. The standard InChI is InChI=1S/C13H22BrN5/c1-2-10(9-6-4-3-5-7-9)18-12-11(14)13(19-15)17-8-16-12/h8-10H,2-7,15H2,1H3,(H2,16,17,18,19). The van der Waals surface area contributed by atoms with E-state index in [-0.39, 0.29) is 0 Å². The van der Waals surface area contributed by atoms with Gasteiger partial charge in [0.1, 0.15) is 16.6 Å². The summed E-state index contributed by atoms with van der Waals surface area (Å²) in [5.41, 5.74) is 2.57. The SMILES string of the molecule is CCC(Nc1ncnc(NN)c1Br)C1CCCCC1. The molecule has 0 aliphatic heterocycles. The Morgan fingerprint density at radius 1 is 1.32 bits per heavy atom. The van der Waals surface area contributed by atoms with Gasteiger partial charge in [0.25, 0.3) is 0 Å². The van der Waals surface area contributed by atoms with Crippen LogP contribution in [0.5, 0.6) is 0 Å². The average Bonchev–Trinajstić information content (AvgIpc) is 2.47. The van der Waals surface area contributed by atoms with Crippen molar-refractivity contribution in [3.05, 3.63) is 10.8 Å². The minimum Gasteiger partial charge on any atom is -0.366 e. The van der Waals surface area contributed by atoms with Crippen molar-refractivity contribution in [1.29, 1.82) is 0 Å². The van der Waals surface area contributed by atoms with Crippen molar-refractivity contribution in [3.8, 4) is 0 Å². The van der Waals surface area contributed by atoms with Crippen LogP contribution in [-0.4, -0.2) is 16.0 Å². The lowest BCUT2D eigenvalue weighted by Gasteiger charge is -2.30. The summed E-state index contributed by atoms with van der Waals surface area (Å²) in [6.07, 6.45) is 9.34. The summed E-state index contributed by atoms with van der Waals surface area (Å²) in [5, 5.41) is 3.55. The number of halogens is 1. The number of hydrazine groups is 1. The molecule has 1 heterocycles. The highest BCUT2D eigenvalue weighted by molar-refractivity contribution is 9.10. The molecule has 0 amide bonds. The van der Waals surface area contributed by atoms with E-state index in [0.29, 0.717) is 11.9 Å². The number of nitrogen functional groups attached to an aromatic ring is 1. The van der Waals surface area contributed by atoms with Crippen LogP contribution in [0, 0.1) is 5.92 Å². The summed E-state index contributed by atoms with van der Waals surface area (Å²) < 4.78 is 0.798. The molecule has 1 atom stereocenters. The van der Waals surface area contributed by atoms with Crippen LogP contribution in [0.25, 0.3) is 0 Å². The van der Waals surface area contributed by atoms with Crippen molar-refractivity contribution >= 4 is 27.6 Å². The van der Waals surface area contributed by atoms with Gasteiger partial charge in [0, 0.05) is 6.04 Å². The number of rotatable bonds is 5. The van der Waals surface area contributed by atoms with Crippen LogP contribution in [-0.2, 0) is 0 Å². The topological polar surface area (TPSA) is 75.9 Å². The van der Waals surface area contributed by atoms with Gasteiger partial charge in [0.05, 0.1) is 0 Å². The summed E-state index contributed by atoms with van der Waals surface area (Å²) in [6, 6.07) is 0.470. The predicted octanol–water partition coefficient (Wildman–Crippen LogP) is 3.30. The Bertz CT molecular complexity index is 406. The third-order valence-electron chi connectivity index (χ3n) is 3.91. The van der Waals surface area contributed by atoms with Crippen LogP contribution >= 0.6 is 15.9 Å². The monoisotopic (exact) mass is 327 g/mol. The maximum absolute atomic E-state index is 5.43. The van der Waals surface area contributed by atoms with Gasteiger partial charge in [-0.3, -0.25) is 0 Å². The van der Waals surface area contributed by atoms with E-state index in [0.717, 1.165) is 22.6 Å². The zero-order valence-corrected chi connectivity index (χ0v) is 12.9. The molecular formula is C13H22BrN5. The molecule has 0 spiro atoms. The maximum Gasteiger partial charge on any atom is 0.159 e. The van der Waals surface area contributed by atoms with Crippen LogP contribution in [0.15, 0.2) is 10.8 Å². The molecule has 0 bridgehead atoms. The Hall–Kier alpha value is -0.880. The van der Waals surface area contributed by atoms with Gasteiger partial charge in [-0.2, -0.15) is 0 Å². The van der Waals surface area contributed by atoms with Crippen molar-refractivity contribution in [2.24, 2.45) is 11.8 Å². The first-order chi connectivity index (χ1) is 9.26. The molecule has 1 aromatic heterocycles. The third-order valence-corrected chi connectivity index (χ3v) is 4.66. The van der Waals surface area contributed by atoms with Gasteiger partial charge in [-0.1, -0.05) is 26.2 Å². The fraction of sp³-hybridized carbons (Fsp3) is 0.692. The lowest BCUT2D eigenvalue weighted by Crippen LogP contribution is -2.30. The number of nitrogens with zero attached hydrogens (tertiary/aromatic N) is 2. The van der Waals surface area contributed by atoms with E-state index >= 15 is 0 Å². The number of anilines is 2. The zero-order valence-electron chi connectivity index (χ0n) is 11.3. The summed E-state index contributed by atoms with van der Waals surface area (Å²) in [5.74, 6) is 7.60. The summed E-state index contributed by atoms with van der Waals surface area (Å²) in [4.78, 5) is 8.37. The van der Waals surface area contributed by atoms with Crippen LogP contribution in [0.1, 0.15) is 45.4 Å². The molecule has 4 N–H and O–H groups in total. The minimum atomic E-state index is 0.470. The summed E-state index contributed by atoms with van der Waals surface area (Å²) in [6.45, 7) is 2.23. The first-order valence-electron chi connectivity index (χ1n) is 7.00. The van der Waals surface area contributed by atoms with Gasteiger partial charge in [0.15, 0.2) is 5.82 Å². The molecule has 1 unspecified atom stereocenters. The normalized spacial score (nSPS) is 18.1. The molecule has 0 aromatic carbocycles. The van der Waals surface area contributed by atoms with E-state index < -0.39 is 0 Å². The maximum atomic E-state index is 5.43. The fourth-order valence-electron chi connectivity index (χ4n) is 2.84. The minimum absolute atomic E-state index is 0.470. The summed E-state index contributed by atoms with van der Waals surface area (Å²) in [7, 11) is 0. The van der Waals surface area contributed by atoms with E-state index in [2.05, 4.69) is 43.6 Å². The first kappa shape index (κ1) is 14.5. The second kappa shape index (κ2) is 7.05. The smallest absolute Gasteiger partial charge is 0.159 e. The fourth-order valence-corrected chi connectivity index (χ4v) is 3.27. The molecule has 1 saturated carbocycles. The highest BCUT2D eigenvalue weighted by Gasteiger charge is 2.23. The van der Waals surface area contributed by atoms with Crippen molar-refractivity contribution in [3.63, 3.8) is 0 Å². The van der Waals surface area contributed by atoms with Gasteiger partial charge < -0.3 is 10.7 Å². The molecule has 1 fully saturated rings. The molecule has 19 heavy (non-hydrogen) atoms. The Morgan fingerprint density at radius 2 is 2.00 bits per heavy atom. The van der Waals surface area contributed by atoms with Crippen molar-refractivity contribution in [2.75, 3.05) is 10.7 Å². The second-order valence-electron chi connectivity index (χ2n) is 5.09. The Kier molecular flexibility index (Phi) is 5.39. The second-order valence-corrected chi connectivity index (χ2v) is 5.88. The quantitative estimate of drug-likeness (QED) is 0.571. The average molecular weight is 328 g/mol. The van der Waals surface area contributed by atoms with Gasteiger partial charge in [-0.25, -0.2) is 15.8 Å². The number of hydrogen-bond acceptors (Lipinski definition) is 5. The number of nitrogens with one attached hydrogen (secondary N) is 2. The predicted molar refractivity (Wildman–Crippen MR) is 81.8 cm³/mol. The highest BCUT2D eigenvalue weighted by atomic mass is 79.9. The van der Waals surface area contributed by atoms with Crippen molar-refractivity contribution in [2.45, 2.75) is 51.5 Å². The van der Waals surface area contributed by atoms with Crippen molar-refractivity contribution < 1.29 is 0 Å². The van der Waals surface area contributed by atoms with E-state index in [9.17, 15) is 0 Å². The molecular weight excluding hydrogens is 306 g/mol. The van der Waals surface area contributed by atoms with Crippen LogP contribution in [0.3, 0.4) is 0 Å². The molecule has 106 valence electrons. The zero-order chi connectivity index (χ0) is 13.7. The molecule has 1 aliphatic carbocycles. The number of nitrogens with two attached hydrogens (primary N) is 1. The highest BCUT2D eigenvalue weighted by Crippen LogP contribution is 2.32. The summed E-state index contributed by atoms with van der Waals surface area (Å²) >= 11 is 3.49. The molecule has 5 nitrogen and oxygen atoms in total. The Labute approximate surface area is 122 Å².